The summed E-state index contributed by atoms with van der Waals surface area (Å²) in [5, 5.41) is 9.71. The predicted octanol–water partition coefficient (Wildman–Crippen LogP) is 0.331. The molecule has 2 aliphatic heterocycles. The first-order valence-corrected chi connectivity index (χ1v) is 10.1. The molecule has 3 atom stereocenters. The van der Waals surface area contributed by atoms with E-state index in [-0.39, 0.29) is 0 Å². The van der Waals surface area contributed by atoms with Crippen LogP contribution in [0, 0.1) is 5.41 Å². The maximum absolute atomic E-state index is 13.0. The molecule has 0 aromatic carbocycles. The molecule has 25 heavy (non-hydrogen) atoms. The predicted molar refractivity (Wildman–Crippen MR) is 90.2 cm³/mol. The first kappa shape index (κ1) is 18.3. The second-order valence-corrected chi connectivity index (χ2v) is 11.0. The Bertz CT molecular complexity index is 890. The molecule has 0 bridgehead atoms. The number of alkyl halides is 1. The van der Waals surface area contributed by atoms with Gasteiger partial charge in [0.1, 0.15) is 4.58 Å². The van der Waals surface area contributed by atoms with Gasteiger partial charge in [0.2, 0.25) is 10.0 Å². The van der Waals surface area contributed by atoms with Gasteiger partial charge in [0.25, 0.3) is 5.91 Å². The minimum atomic E-state index is -3.98. The lowest BCUT2D eigenvalue weighted by molar-refractivity contribution is -0.152. The Labute approximate surface area is 153 Å². The van der Waals surface area contributed by atoms with E-state index in [1.807, 2.05) is 0 Å². The fourth-order valence-corrected chi connectivity index (χ4v) is 7.03. The van der Waals surface area contributed by atoms with E-state index in [1.54, 1.807) is 27.8 Å². The normalized spacial score (nSPS) is 30.8. The number of fused-ring (bicyclic) bond motifs is 1. The van der Waals surface area contributed by atoms with Crippen molar-refractivity contribution in [1.29, 1.82) is 0 Å². The first-order chi connectivity index (χ1) is 11.4. The minimum absolute atomic E-state index is 0.291. The molecule has 1 aromatic heterocycles. The van der Waals surface area contributed by atoms with Crippen molar-refractivity contribution in [2.24, 2.45) is 12.5 Å². The van der Waals surface area contributed by atoms with Gasteiger partial charge in [0, 0.05) is 18.7 Å². The molecule has 1 saturated heterocycles. The number of amides is 1. The van der Waals surface area contributed by atoms with Crippen molar-refractivity contribution in [3.63, 3.8) is 0 Å². The molecule has 0 spiro atoms. The molecule has 9 nitrogen and oxygen atoms in total. The van der Waals surface area contributed by atoms with Crippen molar-refractivity contribution in [1.82, 2.24) is 25.1 Å². The van der Waals surface area contributed by atoms with E-state index in [9.17, 15) is 18.0 Å². The third-order valence-electron chi connectivity index (χ3n) is 3.99. The van der Waals surface area contributed by atoms with Crippen LogP contribution in [0.15, 0.2) is 17.4 Å². The Kier molecular flexibility index (Phi) is 4.05. The molecule has 1 aromatic rings. The number of tetrazole rings is 1. The van der Waals surface area contributed by atoms with Gasteiger partial charge in [-0.2, -0.15) is 0 Å². The third kappa shape index (κ3) is 2.51. The maximum Gasteiger partial charge on any atom is 0.259 e. The van der Waals surface area contributed by atoms with Crippen molar-refractivity contribution in [3.8, 4) is 0 Å². The number of hydrogen-bond acceptors (Lipinski definition) is 8. The lowest BCUT2D eigenvalue weighted by atomic mass is 9.78. The van der Waals surface area contributed by atoms with Crippen molar-refractivity contribution in [3.05, 3.63) is 12.3 Å². The summed E-state index contributed by atoms with van der Waals surface area (Å²) in [5.41, 5.74) is -0.962. The van der Waals surface area contributed by atoms with Crippen LogP contribution in [0.5, 0.6) is 0 Å². The van der Waals surface area contributed by atoms with Gasteiger partial charge < -0.3 is 0 Å². The number of β-lactam (4-membered cyclic amide) rings is 1. The summed E-state index contributed by atoms with van der Waals surface area (Å²) >= 11 is 7.23. The molecule has 1 unspecified atom stereocenters. The Morgan fingerprint density at radius 3 is 2.56 bits per heavy atom. The number of aromatic nitrogens is 4. The summed E-state index contributed by atoms with van der Waals surface area (Å²) in [6, 6.07) is 0. The van der Waals surface area contributed by atoms with Gasteiger partial charge in [-0.15, -0.1) is 5.10 Å². The minimum Gasteiger partial charge on any atom is -0.297 e. The smallest absolute Gasteiger partial charge is 0.259 e. The summed E-state index contributed by atoms with van der Waals surface area (Å²) in [6.45, 7) is 4.79. The highest BCUT2D eigenvalue weighted by Crippen LogP contribution is 2.49. The van der Waals surface area contributed by atoms with Crippen LogP contribution >= 0.6 is 23.4 Å². The Morgan fingerprint density at radius 2 is 2.04 bits per heavy atom. The van der Waals surface area contributed by atoms with E-state index in [1.165, 1.54) is 17.0 Å². The second kappa shape index (κ2) is 5.52. The number of ketones is 1. The monoisotopic (exact) mass is 405 g/mol. The fraction of sp³-hybridized carbons (Fsp3) is 0.615. The van der Waals surface area contributed by atoms with Crippen molar-refractivity contribution in [2.45, 2.75) is 40.8 Å². The number of aryl methyl sites for hydroxylation is 1. The number of sulfone groups is 1. The third-order valence-corrected chi connectivity index (χ3v) is 8.71. The van der Waals surface area contributed by atoms with Crippen molar-refractivity contribution >= 4 is 44.9 Å². The number of hydrogen-bond donors (Lipinski definition) is 0. The molecule has 3 heterocycles. The largest absolute Gasteiger partial charge is 0.297 e. The molecule has 3 rings (SSSR count). The number of thioether (sulfide) groups is 1. The van der Waals surface area contributed by atoms with Crippen molar-refractivity contribution < 1.29 is 18.0 Å². The number of carbonyl (C=O) groups excluding carboxylic acids is 2. The van der Waals surface area contributed by atoms with Crippen LogP contribution in [-0.4, -0.2) is 60.0 Å². The van der Waals surface area contributed by atoms with Gasteiger partial charge in [0.05, 0.1) is 0 Å². The molecule has 0 aliphatic carbocycles. The summed E-state index contributed by atoms with van der Waals surface area (Å²) in [7, 11) is -2.40. The van der Waals surface area contributed by atoms with Gasteiger partial charge in [-0.25, -0.2) is 13.1 Å². The zero-order valence-electron chi connectivity index (χ0n) is 13.9. The van der Waals surface area contributed by atoms with E-state index in [0.717, 1.165) is 16.7 Å². The summed E-state index contributed by atoms with van der Waals surface area (Å²) in [4.78, 5) is 24.0. The number of Topliss-reactive ketones (excluding diaryl/α,β-unsaturated/α-hetero) is 1. The standard InChI is InChI=1S/C13H16ClN5O4S2/c1-12(2,3)8(20)13(14)9(21)19-6-5-7(25(22,23)10(13)19)24-11-15-16-17-18(11)4/h5-7,10H,1-4H3/t7?,10-,13-/m0/s1. The van der Waals surface area contributed by atoms with E-state index in [0.29, 0.717) is 5.16 Å². The summed E-state index contributed by atoms with van der Waals surface area (Å²) in [5.74, 6) is -1.33. The van der Waals surface area contributed by atoms with Crippen LogP contribution in [0.1, 0.15) is 20.8 Å². The lowest BCUT2D eigenvalue weighted by Gasteiger charge is -2.52. The van der Waals surface area contributed by atoms with Gasteiger partial charge in [-0.3, -0.25) is 14.5 Å². The van der Waals surface area contributed by atoms with Crippen LogP contribution in [0.2, 0.25) is 0 Å². The van der Waals surface area contributed by atoms with Crippen molar-refractivity contribution in [2.75, 3.05) is 0 Å². The SMILES string of the molecule is Cn1nnnc1SC1C=CN2C(=O)[C@@](Cl)(C(=O)C(C)(C)C)[C@@H]2S1(=O)=O. The summed E-state index contributed by atoms with van der Waals surface area (Å²) in [6.07, 6.45) is 2.72. The molecule has 1 amide bonds. The maximum atomic E-state index is 13.0. The molecule has 136 valence electrons. The Balaban J connectivity index is 2.00. The number of rotatable bonds is 3. The Morgan fingerprint density at radius 1 is 1.40 bits per heavy atom. The summed E-state index contributed by atoms with van der Waals surface area (Å²) < 4.78 is 26.3. The Hall–Kier alpha value is -1.46. The highest BCUT2D eigenvalue weighted by Gasteiger charge is 2.72. The second-order valence-electron chi connectivity index (χ2n) is 6.86. The average Bonchev–Trinajstić information content (AvgIpc) is 2.91. The zero-order chi connectivity index (χ0) is 18.8. The van der Waals surface area contributed by atoms with Gasteiger partial charge in [0.15, 0.2) is 21.0 Å². The van der Waals surface area contributed by atoms with E-state index < -0.39 is 41.8 Å². The van der Waals surface area contributed by atoms with E-state index >= 15 is 0 Å². The van der Waals surface area contributed by atoms with Crippen LogP contribution in [-0.2, 0) is 26.5 Å². The fourth-order valence-electron chi connectivity index (χ4n) is 2.74. The molecular weight excluding hydrogens is 390 g/mol. The number of carbonyl (C=O) groups is 2. The first-order valence-electron chi connectivity index (χ1n) is 7.28. The average molecular weight is 406 g/mol. The molecule has 0 saturated carbocycles. The molecule has 2 aliphatic rings. The molecular formula is C13H16ClN5O4S2. The quantitative estimate of drug-likeness (QED) is 0.401. The topological polar surface area (TPSA) is 115 Å². The molecule has 12 heteroatoms. The lowest BCUT2D eigenvalue weighted by Crippen LogP contribution is -2.77. The van der Waals surface area contributed by atoms with Crippen LogP contribution < -0.4 is 0 Å². The van der Waals surface area contributed by atoms with Crippen LogP contribution in [0.25, 0.3) is 0 Å². The zero-order valence-corrected chi connectivity index (χ0v) is 16.3. The van der Waals surface area contributed by atoms with E-state index in [2.05, 4.69) is 15.5 Å². The molecule has 1 fully saturated rings. The molecule has 0 radical (unpaired) electrons. The van der Waals surface area contributed by atoms with Gasteiger partial charge in [-0.05, 0) is 16.5 Å². The molecule has 0 N–H and O–H groups in total. The van der Waals surface area contributed by atoms with Gasteiger partial charge in [-0.1, -0.05) is 44.1 Å². The van der Waals surface area contributed by atoms with Crippen LogP contribution in [0.3, 0.4) is 0 Å². The highest BCUT2D eigenvalue weighted by atomic mass is 35.5. The van der Waals surface area contributed by atoms with E-state index in [4.69, 9.17) is 11.6 Å². The van der Waals surface area contributed by atoms with Crippen LogP contribution in [0.4, 0.5) is 0 Å². The van der Waals surface area contributed by atoms with Gasteiger partial charge >= 0.3 is 0 Å². The highest BCUT2D eigenvalue weighted by molar-refractivity contribution is 8.14. The number of halogens is 1. The number of nitrogens with zero attached hydrogens (tertiary/aromatic N) is 5.